The second-order valence-corrected chi connectivity index (χ2v) is 9.24. The molecule has 1 atom stereocenters. The molecule has 0 radical (unpaired) electrons. The molecule has 0 spiro atoms. The predicted molar refractivity (Wildman–Crippen MR) is 98.3 cm³/mol. The Morgan fingerprint density at radius 3 is 2.43 bits per heavy atom. The first kappa shape index (κ1) is 21.1. The number of allylic oxidation sites excluding steroid dienone is 2. The minimum absolute atomic E-state index is 0.0283. The maximum absolute atomic E-state index is 13.0. The summed E-state index contributed by atoms with van der Waals surface area (Å²) in [4.78, 5) is 13.5. The minimum Gasteiger partial charge on any atom is -0.340 e. The highest BCUT2D eigenvalue weighted by Gasteiger charge is 2.36. The molecule has 0 N–H and O–H groups in total. The first-order valence-electron chi connectivity index (χ1n) is 8.90. The third kappa shape index (κ3) is 4.52. The Morgan fingerprint density at radius 1 is 1.18 bits per heavy atom. The number of benzene rings is 1. The van der Waals surface area contributed by atoms with E-state index in [9.17, 15) is 26.4 Å². The molecule has 0 saturated carbocycles. The summed E-state index contributed by atoms with van der Waals surface area (Å²) >= 11 is 5.56. The molecular weight excluding hydrogens is 417 g/mol. The van der Waals surface area contributed by atoms with Crippen LogP contribution >= 0.6 is 11.6 Å². The summed E-state index contributed by atoms with van der Waals surface area (Å²) in [6.07, 6.45) is 1.63. The number of rotatable bonds is 4. The van der Waals surface area contributed by atoms with Gasteiger partial charge in [0.25, 0.3) is 0 Å². The zero-order valence-corrected chi connectivity index (χ0v) is 16.5. The Kier molecular flexibility index (Phi) is 6.07. The van der Waals surface area contributed by atoms with Gasteiger partial charge in [0.1, 0.15) is 0 Å². The van der Waals surface area contributed by atoms with E-state index >= 15 is 0 Å². The normalized spacial score (nSPS) is 21.3. The molecule has 28 heavy (non-hydrogen) atoms. The third-order valence-electron chi connectivity index (χ3n) is 5.02. The molecule has 1 aromatic rings. The van der Waals surface area contributed by atoms with E-state index in [1.165, 1.54) is 0 Å². The van der Waals surface area contributed by atoms with E-state index in [1.807, 2.05) is 12.2 Å². The van der Waals surface area contributed by atoms with E-state index in [0.717, 1.165) is 29.3 Å². The molecule has 1 heterocycles. The molecule has 0 aromatic heterocycles. The minimum atomic E-state index is -4.75. The van der Waals surface area contributed by atoms with Gasteiger partial charge in [0, 0.05) is 32.6 Å². The largest absolute Gasteiger partial charge is 0.417 e. The number of nitrogens with zero attached hydrogens (tertiary/aromatic N) is 2. The monoisotopic (exact) mass is 436 g/mol. The fraction of sp³-hybridized carbons (Fsp3) is 0.500. The Hall–Kier alpha value is -1.58. The molecule has 154 valence electrons. The summed E-state index contributed by atoms with van der Waals surface area (Å²) in [5.74, 6) is 0.198. The van der Waals surface area contributed by atoms with Crippen LogP contribution in [-0.2, 0) is 21.0 Å². The first-order valence-corrected chi connectivity index (χ1v) is 10.7. The van der Waals surface area contributed by atoms with Crippen LogP contribution in [0.4, 0.5) is 13.2 Å². The third-order valence-corrected chi connectivity index (χ3v) is 7.25. The topological polar surface area (TPSA) is 57.7 Å². The zero-order chi connectivity index (χ0) is 20.5. The summed E-state index contributed by atoms with van der Waals surface area (Å²) in [6.45, 7) is 0.513. The van der Waals surface area contributed by atoms with E-state index < -0.39 is 31.7 Å². The Bertz CT molecular complexity index is 879. The number of sulfonamides is 1. The van der Waals surface area contributed by atoms with Crippen LogP contribution in [0.3, 0.4) is 0 Å². The average Bonchev–Trinajstić information content (AvgIpc) is 3.14. The van der Waals surface area contributed by atoms with Crippen molar-refractivity contribution in [3.8, 4) is 0 Å². The maximum Gasteiger partial charge on any atom is 0.417 e. The summed E-state index contributed by atoms with van der Waals surface area (Å²) in [5.41, 5.74) is -1.19. The molecule has 0 bridgehead atoms. The van der Waals surface area contributed by atoms with Crippen molar-refractivity contribution in [3.63, 3.8) is 0 Å². The zero-order valence-electron chi connectivity index (χ0n) is 15.0. The summed E-state index contributed by atoms with van der Waals surface area (Å²) in [6, 6.07) is 2.56. The number of halogens is 4. The lowest BCUT2D eigenvalue weighted by Gasteiger charge is -2.34. The highest BCUT2D eigenvalue weighted by atomic mass is 35.5. The molecule has 1 amide bonds. The molecule has 1 aliphatic carbocycles. The average molecular weight is 437 g/mol. The van der Waals surface area contributed by atoms with Gasteiger partial charge in [0.15, 0.2) is 0 Å². The van der Waals surface area contributed by atoms with Crippen LogP contribution in [0.25, 0.3) is 0 Å². The number of carbonyl (C=O) groups excluding carboxylic acids is 1. The highest BCUT2D eigenvalue weighted by molar-refractivity contribution is 7.89. The molecule has 1 saturated heterocycles. The van der Waals surface area contributed by atoms with E-state index in [4.69, 9.17) is 11.6 Å². The van der Waals surface area contributed by atoms with Crippen LogP contribution in [0.5, 0.6) is 0 Å². The quantitative estimate of drug-likeness (QED) is 0.678. The SMILES string of the molecule is O=C(C[C@@H]1C=CCC1)N1CCN(S(=O)(=O)c2ccc(Cl)c(C(F)(F)F)c2)CC1. The number of hydrogen-bond donors (Lipinski definition) is 0. The van der Waals surface area contributed by atoms with Crippen molar-refractivity contribution in [2.75, 3.05) is 26.2 Å². The lowest BCUT2D eigenvalue weighted by Crippen LogP contribution is -2.50. The van der Waals surface area contributed by atoms with Crippen molar-refractivity contribution in [3.05, 3.63) is 40.9 Å². The molecule has 0 unspecified atom stereocenters. The highest BCUT2D eigenvalue weighted by Crippen LogP contribution is 2.36. The van der Waals surface area contributed by atoms with E-state index in [0.29, 0.717) is 12.5 Å². The first-order chi connectivity index (χ1) is 13.1. The summed E-state index contributed by atoms with van der Waals surface area (Å²) in [5, 5.41) is -0.553. The van der Waals surface area contributed by atoms with E-state index in [-0.39, 0.29) is 38.0 Å². The number of hydrogen-bond acceptors (Lipinski definition) is 3. The molecule has 1 aliphatic heterocycles. The number of amides is 1. The summed E-state index contributed by atoms with van der Waals surface area (Å²) < 4.78 is 65.7. The second kappa shape index (κ2) is 8.04. The maximum atomic E-state index is 13.0. The van der Waals surface area contributed by atoms with Crippen LogP contribution < -0.4 is 0 Å². The van der Waals surface area contributed by atoms with Gasteiger partial charge in [-0.2, -0.15) is 17.5 Å². The van der Waals surface area contributed by atoms with Crippen LogP contribution in [0.2, 0.25) is 5.02 Å². The van der Waals surface area contributed by atoms with E-state index in [2.05, 4.69) is 0 Å². The molecule has 3 rings (SSSR count). The van der Waals surface area contributed by atoms with Gasteiger partial charge in [0.2, 0.25) is 15.9 Å². The van der Waals surface area contributed by atoms with Crippen LogP contribution in [0, 0.1) is 5.92 Å². The fourth-order valence-corrected chi connectivity index (χ4v) is 5.10. The molecule has 10 heteroatoms. The Balaban J connectivity index is 1.68. The molecule has 5 nitrogen and oxygen atoms in total. The Labute approximate surface area is 166 Å². The van der Waals surface area contributed by atoms with Crippen molar-refractivity contribution >= 4 is 27.5 Å². The van der Waals surface area contributed by atoms with Gasteiger partial charge in [-0.1, -0.05) is 23.8 Å². The van der Waals surface area contributed by atoms with Crippen molar-refractivity contribution < 1.29 is 26.4 Å². The van der Waals surface area contributed by atoms with Crippen molar-refractivity contribution in [1.82, 2.24) is 9.21 Å². The molecule has 1 aromatic carbocycles. The van der Waals surface area contributed by atoms with Gasteiger partial charge in [-0.15, -0.1) is 0 Å². The second-order valence-electron chi connectivity index (χ2n) is 6.89. The van der Waals surface area contributed by atoms with Gasteiger partial charge in [-0.05, 0) is 37.0 Å². The molecular formula is C18H20ClF3N2O3S. The predicted octanol–water partition coefficient (Wildman–Crippen LogP) is 3.55. The van der Waals surface area contributed by atoms with Crippen molar-refractivity contribution in [2.24, 2.45) is 5.92 Å². The van der Waals surface area contributed by atoms with E-state index in [1.54, 1.807) is 4.90 Å². The van der Waals surface area contributed by atoms with Gasteiger partial charge >= 0.3 is 6.18 Å². The number of alkyl halides is 3. The van der Waals surface area contributed by atoms with Gasteiger partial charge in [-0.25, -0.2) is 8.42 Å². The van der Waals surface area contributed by atoms with Crippen molar-refractivity contribution in [1.29, 1.82) is 0 Å². The van der Waals surface area contributed by atoms with Crippen LogP contribution in [0.1, 0.15) is 24.8 Å². The Morgan fingerprint density at radius 2 is 1.86 bits per heavy atom. The van der Waals surface area contributed by atoms with Crippen LogP contribution in [0.15, 0.2) is 35.2 Å². The molecule has 2 aliphatic rings. The van der Waals surface area contributed by atoms with Gasteiger partial charge in [0.05, 0.1) is 15.5 Å². The lowest BCUT2D eigenvalue weighted by molar-refractivity contribution is -0.137. The number of piperazine rings is 1. The summed E-state index contributed by atoms with van der Waals surface area (Å²) in [7, 11) is -4.11. The van der Waals surface area contributed by atoms with Crippen LogP contribution in [-0.4, -0.2) is 49.7 Å². The lowest BCUT2D eigenvalue weighted by atomic mass is 10.0. The number of carbonyl (C=O) groups is 1. The molecule has 1 fully saturated rings. The fourth-order valence-electron chi connectivity index (χ4n) is 3.43. The smallest absolute Gasteiger partial charge is 0.340 e. The van der Waals surface area contributed by atoms with Gasteiger partial charge < -0.3 is 4.90 Å². The standard InChI is InChI=1S/C18H20ClF3N2O3S/c19-16-6-5-14(12-15(16)18(20,21)22)28(26,27)24-9-7-23(8-10-24)17(25)11-13-3-1-2-4-13/h1,3,5-6,12-13H,2,4,7-11H2/t13-/m1/s1. The van der Waals surface area contributed by atoms with Gasteiger partial charge in [-0.3, -0.25) is 4.79 Å². The van der Waals surface area contributed by atoms with Crippen molar-refractivity contribution in [2.45, 2.75) is 30.3 Å².